The monoisotopic (exact) mass is 1360 g/mol. The van der Waals surface area contributed by atoms with Gasteiger partial charge in [-0.3, -0.25) is 0 Å². The second kappa shape index (κ2) is 29.4. The molecular weight excluding hydrogens is 1270 g/mol. The van der Waals surface area contributed by atoms with E-state index in [4.69, 9.17) is 0 Å². The number of aryl methyl sites for hydroxylation is 12. The van der Waals surface area contributed by atoms with Crippen molar-refractivity contribution in [1.29, 1.82) is 0 Å². The summed E-state index contributed by atoms with van der Waals surface area (Å²) in [5.41, 5.74) is 24.5. The van der Waals surface area contributed by atoms with Gasteiger partial charge in [0.05, 0.1) is 45.1 Å². The lowest BCUT2D eigenvalue weighted by molar-refractivity contribution is -0.665. The molecule has 8 heterocycles. The van der Waals surface area contributed by atoms with Crippen molar-refractivity contribution in [3.05, 3.63) is 348 Å². The average Bonchev–Trinajstić information content (AvgIpc) is 1.60. The number of hydrogen-bond donors (Lipinski definition) is 0. The zero-order valence-corrected chi connectivity index (χ0v) is 62.5. The minimum atomic E-state index is 0.513. The summed E-state index contributed by atoms with van der Waals surface area (Å²) in [4.78, 5) is 0. The highest BCUT2D eigenvalue weighted by atomic mass is 15.2. The first-order chi connectivity index (χ1) is 50.4. The molecule has 0 N–H and O–H groups in total. The lowest BCUT2D eigenvalue weighted by Crippen LogP contribution is -2.33. The van der Waals surface area contributed by atoms with Crippen LogP contribution in [0, 0.1) is 48.5 Å². The molecule has 0 radical (unpaired) electrons. The maximum atomic E-state index is 2.41. The standard InChI is InChI=1S/C22H23N2.2C20H19N2.2C17H16N/c1-15(2)17-12-13-23(4)21(14-17)24-20-11-6-5-9-18(20)19-10-7-8-16(3)22(19)24;1-14-11-12-21(3)19(13-14)22-18-10-5-4-8-16(18)17-9-6-7-15(2)20(17)22;1-14-11-12-19(21(3)13-14)22-18-10-5-4-8-16(18)17-9-6-7-15(2)20(17)22;1-13-7-3-5-9-15(13)17-16-10-6-4-8-14(16)11-12-18(17)2;1-13-7-3-5-9-15(13)17-12-11-14-8-4-6-10-16(14)18(17)2/h5-15H,1-4H3;2*4-13H,1-3H3;2*3-12H,1-2H3/q5*+1. The largest absolute Gasteiger partial charge is 0.286 e. The first-order valence-electron chi connectivity index (χ1n) is 36.2. The van der Waals surface area contributed by atoms with Gasteiger partial charge in [-0.2, -0.15) is 18.3 Å². The molecular formula is C96H93N8+5. The number of para-hydroxylation sites is 7. The van der Waals surface area contributed by atoms with Gasteiger partial charge >= 0.3 is 0 Å². The van der Waals surface area contributed by atoms with Gasteiger partial charge in [0.1, 0.15) is 47.2 Å². The van der Waals surface area contributed by atoms with Gasteiger partial charge in [-0.15, -0.1) is 0 Å². The van der Waals surface area contributed by atoms with Crippen LogP contribution in [-0.2, 0) is 35.2 Å². The van der Waals surface area contributed by atoms with Gasteiger partial charge in [0.25, 0.3) is 17.5 Å². The highest BCUT2D eigenvalue weighted by molar-refractivity contribution is 6.12. The molecule has 0 unspecified atom stereocenters. The maximum Gasteiger partial charge on any atom is 0.286 e. The topological polar surface area (TPSA) is 34.2 Å². The first kappa shape index (κ1) is 69.0. The number of fused-ring (bicyclic) bond motifs is 11. The molecule has 0 bridgehead atoms. The van der Waals surface area contributed by atoms with E-state index in [1.54, 1.807) is 0 Å². The van der Waals surface area contributed by atoms with Crippen LogP contribution in [0.5, 0.6) is 0 Å². The number of aromatic nitrogens is 8. The molecule has 0 aliphatic carbocycles. The Morgan fingerprint density at radius 2 is 0.712 bits per heavy atom. The van der Waals surface area contributed by atoms with Crippen molar-refractivity contribution in [2.24, 2.45) is 35.2 Å². The van der Waals surface area contributed by atoms with Crippen LogP contribution < -0.4 is 22.8 Å². The van der Waals surface area contributed by atoms with E-state index in [2.05, 4.69) is 438 Å². The van der Waals surface area contributed by atoms with Gasteiger partial charge in [0.15, 0.2) is 6.20 Å². The van der Waals surface area contributed by atoms with Crippen molar-refractivity contribution in [3.8, 4) is 40.0 Å². The summed E-state index contributed by atoms with van der Waals surface area (Å²) in [6, 6.07) is 99.6. The highest BCUT2D eigenvalue weighted by Gasteiger charge is 2.26. The number of benzene rings is 10. The van der Waals surface area contributed by atoms with Gasteiger partial charge in [-0.1, -0.05) is 153 Å². The predicted octanol–water partition coefficient (Wildman–Crippen LogP) is 20.8. The fraction of sp³-hybridized carbons (Fsp3) is 0.156. The fourth-order valence-corrected chi connectivity index (χ4v) is 15.3. The van der Waals surface area contributed by atoms with Crippen LogP contribution in [0.25, 0.3) is 127 Å². The third kappa shape index (κ3) is 13.2. The number of hydrogen-bond acceptors (Lipinski definition) is 0. The van der Waals surface area contributed by atoms with Gasteiger partial charge in [0.2, 0.25) is 16.9 Å². The third-order valence-electron chi connectivity index (χ3n) is 20.7. The Kier molecular flexibility index (Phi) is 19.5. The molecule has 8 heteroatoms. The lowest BCUT2D eigenvalue weighted by Gasteiger charge is -2.09. The van der Waals surface area contributed by atoms with E-state index in [0.29, 0.717) is 5.92 Å². The number of rotatable bonds is 6. The first-order valence-corrected chi connectivity index (χ1v) is 36.2. The molecule has 0 fully saturated rings. The van der Waals surface area contributed by atoms with Gasteiger partial charge < -0.3 is 0 Å². The minimum Gasteiger partial charge on any atom is -0.237 e. The van der Waals surface area contributed by atoms with E-state index < -0.39 is 0 Å². The zero-order valence-electron chi connectivity index (χ0n) is 62.5. The second-order valence-electron chi connectivity index (χ2n) is 28.2. The van der Waals surface area contributed by atoms with Crippen molar-refractivity contribution in [1.82, 2.24) is 13.7 Å². The van der Waals surface area contributed by atoms with Gasteiger partial charge in [0, 0.05) is 85.2 Å². The molecule has 0 saturated heterocycles. The van der Waals surface area contributed by atoms with Crippen LogP contribution in [0.4, 0.5) is 0 Å². The molecule has 0 amide bonds. The molecule has 0 saturated carbocycles. The summed E-state index contributed by atoms with van der Waals surface area (Å²) >= 11 is 0. The minimum absolute atomic E-state index is 0.513. The fourth-order valence-electron chi connectivity index (χ4n) is 15.3. The van der Waals surface area contributed by atoms with Crippen LogP contribution in [0.15, 0.2) is 304 Å². The second-order valence-corrected chi connectivity index (χ2v) is 28.2. The van der Waals surface area contributed by atoms with E-state index >= 15 is 0 Å². The Balaban J connectivity index is 0.000000110. The summed E-state index contributed by atoms with van der Waals surface area (Å²) in [5.74, 6) is 4.10. The quantitative estimate of drug-likeness (QED) is 0.149. The molecule has 18 rings (SSSR count). The van der Waals surface area contributed by atoms with Crippen molar-refractivity contribution in [2.75, 3.05) is 0 Å². The predicted molar refractivity (Wildman–Crippen MR) is 434 cm³/mol. The molecule has 8 aromatic heterocycles. The molecule has 0 aliphatic rings. The third-order valence-corrected chi connectivity index (χ3v) is 20.7. The van der Waals surface area contributed by atoms with Crippen molar-refractivity contribution in [3.63, 3.8) is 0 Å². The molecule has 0 spiro atoms. The Bertz CT molecular complexity index is 6260. The van der Waals surface area contributed by atoms with Crippen LogP contribution in [-0.4, -0.2) is 13.7 Å². The number of nitrogens with zero attached hydrogens (tertiary/aromatic N) is 8. The smallest absolute Gasteiger partial charge is 0.237 e. The van der Waals surface area contributed by atoms with Crippen molar-refractivity contribution < 1.29 is 22.8 Å². The van der Waals surface area contributed by atoms with Crippen LogP contribution in [0.1, 0.15) is 64.3 Å². The maximum absolute atomic E-state index is 2.41. The summed E-state index contributed by atoms with van der Waals surface area (Å²) in [7, 11) is 10.6. The Labute approximate surface area is 611 Å². The summed E-state index contributed by atoms with van der Waals surface area (Å²) in [6.45, 7) is 19.7. The normalized spacial score (nSPS) is 11.3. The Morgan fingerprint density at radius 3 is 1.24 bits per heavy atom. The van der Waals surface area contributed by atoms with E-state index in [0.717, 1.165) is 0 Å². The van der Waals surface area contributed by atoms with E-state index in [-0.39, 0.29) is 0 Å². The van der Waals surface area contributed by atoms with E-state index in [9.17, 15) is 0 Å². The Hall–Kier alpha value is -12.1. The Morgan fingerprint density at radius 1 is 0.288 bits per heavy atom. The van der Waals surface area contributed by atoms with E-state index in [1.165, 1.54) is 172 Å². The number of pyridine rings is 5. The molecule has 10 aromatic carbocycles. The molecule has 8 nitrogen and oxygen atoms in total. The molecule has 104 heavy (non-hydrogen) atoms. The molecule has 0 atom stereocenters. The summed E-state index contributed by atoms with van der Waals surface area (Å²) < 4.78 is 18.2. The van der Waals surface area contributed by atoms with Crippen LogP contribution in [0.3, 0.4) is 0 Å². The molecule has 18 aromatic rings. The average molecular weight is 1360 g/mol. The van der Waals surface area contributed by atoms with Gasteiger partial charge in [-0.05, 0) is 207 Å². The summed E-state index contributed by atoms with van der Waals surface area (Å²) in [6.07, 6.45) is 8.60. The highest BCUT2D eigenvalue weighted by Crippen LogP contribution is 2.37. The van der Waals surface area contributed by atoms with Crippen molar-refractivity contribution >= 4 is 87.1 Å². The molecule has 0 aliphatic heterocycles. The lowest BCUT2D eigenvalue weighted by atomic mass is 10.00. The zero-order chi connectivity index (χ0) is 72.4. The van der Waals surface area contributed by atoms with Gasteiger partial charge in [-0.25, -0.2) is 18.3 Å². The van der Waals surface area contributed by atoms with Crippen molar-refractivity contribution in [2.45, 2.75) is 68.2 Å². The van der Waals surface area contributed by atoms with Crippen LogP contribution in [0.2, 0.25) is 0 Å². The SMILES string of the molecule is Cc1cc[n+](C)c(-n2c3ccccc3c3cccc(C)c32)c1.Cc1ccc(-n2c3ccccc3c3cccc(C)c32)[n+](C)c1.Cc1cccc2c3ccccc3n(-c3cc(C(C)C)cc[n+]3C)c12.Cc1ccccc1-c1c2ccccc2cc[n+]1C.Cc1ccccc1-c1ccc2ccccc2[n+]1C. The molecule has 512 valence electrons. The van der Waals surface area contributed by atoms with E-state index in [1.807, 2.05) is 0 Å². The summed E-state index contributed by atoms with van der Waals surface area (Å²) in [5, 5.41) is 11.7. The van der Waals surface area contributed by atoms with Crippen LogP contribution >= 0.6 is 0 Å².